The van der Waals surface area contributed by atoms with E-state index in [0.29, 0.717) is 25.7 Å². The topological polar surface area (TPSA) is 55.4 Å². The molecule has 18 heavy (non-hydrogen) atoms. The first-order valence-corrected chi connectivity index (χ1v) is 6.82. The van der Waals surface area contributed by atoms with Crippen LogP contribution in [0.4, 0.5) is 5.69 Å². The Morgan fingerprint density at radius 3 is 2.67 bits per heavy atom. The van der Waals surface area contributed by atoms with Gasteiger partial charge >= 0.3 is 5.97 Å². The fourth-order valence-electron chi connectivity index (χ4n) is 1.45. The van der Waals surface area contributed by atoms with Crippen molar-refractivity contribution >= 4 is 40.2 Å². The number of rotatable bonds is 6. The Kier molecular flexibility index (Phi) is 6.70. The molecule has 1 amide bonds. The van der Waals surface area contributed by atoms with E-state index in [1.807, 2.05) is 24.3 Å². The molecular weight excluding hydrogens is 345 g/mol. The van der Waals surface area contributed by atoms with E-state index < -0.39 is 0 Å². The van der Waals surface area contributed by atoms with Crippen LogP contribution in [0, 0.1) is 3.57 Å². The van der Waals surface area contributed by atoms with E-state index in [1.54, 1.807) is 0 Å². The van der Waals surface area contributed by atoms with Gasteiger partial charge in [-0.1, -0.05) is 6.07 Å². The summed E-state index contributed by atoms with van der Waals surface area (Å²) in [6.45, 7) is 0. The lowest BCUT2D eigenvalue weighted by molar-refractivity contribution is -0.140. The summed E-state index contributed by atoms with van der Waals surface area (Å²) >= 11 is 2.20. The van der Waals surface area contributed by atoms with Crippen molar-refractivity contribution in [1.82, 2.24) is 0 Å². The second-order valence-electron chi connectivity index (χ2n) is 3.84. The number of amides is 1. The Balaban J connectivity index is 2.24. The minimum atomic E-state index is -0.229. The number of benzene rings is 1. The molecule has 0 aromatic heterocycles. The van der Waals surface area contributed by atoms with E-state index in [-0.39, 0.29) is 11.9 Å². The van der Waals surface area contributed by atoms with Gasteiger partial charge in [-0.3, -0.25) is 9.59 Å². The number of esters is 1. The van der Waals surface area contributed by atoms with Gasteiger partial charge < -0.3 is 10.1 Å². The van der Waals surface area contributed by atoms with Gasteiger partial charge in [0.1, 0.15) is 0 Å². The van der Waals surface area contributed by atoms with Crippen LogP contribution in [0.5, 0.6) is 0 Å². The third-order valence-electron chi connectivity index (χ3n) is 2.37. The summed E-state index contributed by atoms with van der Waals surface area (Å²) in [7, 11) is 1.37. The number of methoxy groups -OCH3 is 1. The van der Waals surface area contributed by atoms with Crippen molar-refractivity contribution in [2.24, 2.45) is 0 Å². The van der Waals surface area contributed by atoms with Crippen LogP contribution in [-0.2, 0) is 14.3 Å². The number of halogens is 1. The number of carbonyl (C=O) groups is 2. The second kappa shape index (κ2) is 8.07. The zero-order chi connectivity index (χ0) is 13.4. The highest BCUT2D eigenvalue weighted by atomic mass is 127. The number of carbonyl (C=O) groups excluding carboxylic acids is 2. The van der Waals surface area contributed by atoms with E-state index >= 15 is 0 Å². The molecular formula is C13H16INO3. The minimum absolute atomic E-state index is 0.0261. The molecule has 0 radical (unpaired) electrons. The van der Waals surface area contributed by atoms with Crippen molar-refractivity contribution in [2.75, 3.05) is 12.4 Å². The van der Waals surface area contributed by atoms with Crippen molar-refractivity contribution in [2.45, 2.75) is 25.7 Å². The standard InChI is InChI=1S/C13H16INO3/c1-18-13(17)8-3-2-7-12(16)15-11-6-4-5-10(14)9-11/h4-6,9H,2-3,7-8H2,1H3,(H,15,16). The van der Waals surface area contributed by atoms with E-state index in [0.717, 1.165) is 9.26 Å². The van der Waals surface area contributed by atoms with Gasteiger partial charge in [0.05, 0.1) is 7.11 Å². The van der Waals surface area contributed by atoms with Crippen molar-refractivity contribution in [3.05, 3.63) is 27.8 Å². The molecule has 5 heteroatoms. The first kappa shape index (κ1) is 14.9. The number of hydrogen-bond donors (Lipinski definition) is 1. The molecule has 1 aromatic rings. The molecule has 0 saturated heterocycles. The Bertz CT molecular complexity index is 420. The molecule has 1 rings (SSSR count). The maximum Gasteiger partial charge on any atom is 0.305 e. The fraction of sp³-hybridized carbons (Fsp3) is 0.385. The minimum Gasteiger partial charge on any atom is -0.469 e. The molecule has 98 valence electrons. The molecule has 0 aliphatic heterocycles. The monoisotopic (exact) mass is 361 g/mol. The Labute approximate surface area is 120 Å². The van der Waals surface area contributed by atoms with Gasteiger partial charge in [-0.2, -0.15) is 0 Å². The van der Waals surface area contributed by atoms with Gasteiger partial charge in [-0.25, -0.2) is 0 Å². The van der Waals surface area contributed by atoms with Crippen LogP contribution in [0.2, 0.25) is 0 Å². The molecule has 0 spiro atoms. The summed E-state index contributed by atoms with van der Waals surface area (Å²) < 4.78 is 5.61. The van der Waals surface area contributed by atoms with Crippen LogP contribution >= 0.6 is 22.6 Å². The summed E-state index contributed by atoms with van der Waals surface area (Å²) in [5, 5.41) is 2.82. The predicted octanol–water partition coefficient (Wildman–Crippen LogP) is 2.96. The third kappa shape index (κ3) is 6.00. The molecule has 0 heterocycles. The summed E-state index contributed by atoms with van der Waals surface area (Å²) in [5.74, 6) is -0.255. The zero-order valence-electron chi connectivity index (χ0n) is 10.2. The normalized spacial score (nSPS) is 9.89. The Hall–Kier alpha value is -1.11. The Morgan fingerprint density at radius 1 is 1.28 bits per heavy atom. The number of nitrogens with one attached hydrogen (secondary N) is 1. The summed E-state index contributed by atoms with van der Waals surface area (Å²) in [6.07, 6.45) is 2.15. The second-order valence-corrected chi connectivity index (χ2v) is 5.09. The smallest absolute Gasteiger partial charge is 0.305 e. The number of hydrogen-bond acceptors (Lipinski definition) is 3. The van der Waals surface area contributed by atoms with Crippen LogP contribution in [0.25, 0.3) is 0 Å². The van der Waals surface area contributed by atoms with Gasteiger partial charge in [0, 0.05) is 22.1 Å². The van der Waals surface area contributed by atoms with E-state index in [4.69, 9.17) is 0 Å². The molecule has 1 N–H and O–H groups in total. The van der Waals surface area contributed by atoms with Crippen molar-refractivity contribution < 1.29 is 14.3 Å². The van der Waals surface area contributed by atoms with Gasteiger partial charge in [0.15, 0.2) is 0 Å². The van der Waals surface area contributed by atoms with Crippen LogP contribution in [0.1, 0.15) is 25.7 Å². The third-order valence-corrected chi connectivity index (χ3v) is 3.04. The van der Waals surface area contributed by atoms with Gasteiger partial charge in [-0.15, -0.1) is 0 Å². The van der Waals surface area contributed by atoms with E-state index in [2.05, 4.69) is 32.6 Å². The lowest BCUT2D eigenvalue weighted by Crippen LogP contribution is -2.11. The molecule has 0 saturated carbocycles. The largest absolute Gasteiger partial charge is 0.469 e. The lowest BCUT2D eigenvalue weighted by Gasteiger charge is -2.05. The molecule has 0 aliphatic carbocycles. The van der Waals surface area contributed by atoms with Crippen LogP contribution < -0.4 is 5.32 Å². The van der Waals surface area contributed by atoms with E-state index in [9.17, 15) is 9.59 Å². The molecule has 0 atom stereocenters. The van der Waals surface area contributed by atoms with Gasteiger partial charge in [0.2, 0.25) is 5.91 Å². The number of anilines is 1. The van der Waals surface area contributed by atoms with Crippen LogP contribution in [0.15, 0.2) is 24.3 Å². The summed E-state index contributed by atoms with van der Waals surface area (Å²) in [4.78, 5) is 22.5. The first-order valence-electron chi connectivity index (χ1n) is 5.74. The number of unbranched alkanes of at least 4 members (excludes halogenated alkanes) is 1. The average Bonchev–Trinajstić information content (AvgIpc) is 2.34. The highest BCUT2D eigenvalue weighted by molar-refractivity contribution is 14.1. The summed E-state index contributed by atoms with van der Waals surface area (Å²) in [6, 6.07) is 7.63. The average molecular weight is 361 g/mol. The number of ether oxygens (including phenoxy) is 1. The maximum atomic E-state index is 11.6. The fourth-order valence-corrected chi connectivity index (χ4v) is 1.99. The van der Waals surface area contributed by atoms with Gasteiger partial charge in [0.25, 0.3) is 0 Å². The lowest BCUT2D eigenvalue weighted by atomic mass is 10.2. The van der Waals surface area contributed by atoms with E-state index in [1.165, 1.54) is 7.11 Å². The summed E-state index contributed by atoms with van der Waals surface area (Å²) in [5.41, 5.74) is 0.805. The van der Waals surface area contributed by atoms with Crippen LogP contribution in [-0.4, -0.2) is 19.0 Å². The molecule has 0 bridgehead atoms. The highest BCUT2D eigenvalue weighted by Gasteiger charge is 2.04. The predicted molar refractivity (Wildman–Crippen MR) is 78.3 cm³/mol. The Morgan fingerprint density at radius 2 is 2.00 bits per heavy atom. The highest BCUT2D eigenvalue weighted by Crippen LogP contribution is 2.13. The van der Waals surface area contributed by atoms with Crippen LogP contribution in [0.3, 0.4) is 0 Å². The van der Waals surface area contributed by atoms with Crippen molar-refractivity contribution in [3.63, 3.8) is 0 Å². The molecule has 0 unspecified atom stereocenters. The van der Waals surface area contributed by atoms with Crippen molar-refractivity contribution in [3.8, 4) is 0 Å². The molecule has 1 aromatic carbocycles. The van der Waals surface area contributed by atoms with Gasteiger partial charge in [-0.05, 0) is 53.6 Å². The quantitative estimate of drug-likeness (QED) is 0.482. The molecule has 0 aliphatic rings. The molecule has 0 fully saturated rings. The zero-order valence-corrected chi connectivity index (χ0v) is 12.4. The SMILES string of the molecule is COC(=O)CCCCC(=O)Nc1cccc(I)c1. The van der Waals surface area contributed by atoms with Crippen molar-refractivity contribution in [1.29, 1.82) is 0 Å². The maximum absolute atomic E-state index is 11.6. The first-order chi connectivity index (χ1) is 8.61. The molecule has 4 nitrogen and oxygen atoms in total.